The normalized spacial score (nSPS) is 10.1. The first-order chi connectivity index (χ1) is 7.70. The van der Waals surface area contributed by atoms with Crippen molar-refractivity contribution in [3.05, 3.63) is 42.7 Å². The molecule has 6 heteroatoms. The third kappa shape index (κ3) is 1.85. The highest BCUT2D eigenvalue weighted by Gasteiger charge is 2.11. The zero-order valence-corrected chi connectivity index (χ0v) is 8.14. The molecule has 0 aromatic carbocycles. The van der Waals surface area contributed by atoms with E-state index in [-0.39, 0.29) is 17.4 Å². The molecule has 0 aliphatic heterocycles. The Morgan fingerprint density at radius 3 is 2.94 bits per heavy atom. The second-order valence-electron chi connectivity index (χ2n) is 2.90. The van der Waals surface area contributed by atoms with E-state index in [1.165, 1.54) is 18.2 Å². The maximum absolute atomic E-state index is 12.6. The lowest BCUT2D eigenvalue weighted by atomic mass is 10.3. The third-order valence-corrected chi connectivity index (χ3v) is 1.82. The molecule has 0 amide bonds. The SMILES string of the molecule is C=CC(=N)c1nc(-c2ccc(F)cn2)no1. The number of rotatable bonds is 3. The zero-order valence-electron chi connectivity index (χ0n) is 8.14. The first-order valence-electron chi connectivity index (χ1n) is 4.37. The molecule has 0 saturated heterocycles. The van der Waals surface area contributed by atoms with Crippen molar-refractivity contribution in [1.82, 2.24) is 15.1 Å². The van der Waals surface area contributed by atoms with Crippen LogP contribution >= 0.6 is 0 Å². The Labute approximate surface area is 90.1 Å². The molecule has 5 nitrogen and oxygen atoms in total. The molecule has 0 aliphatic rings. The van der Waals surface area contributed by atoms with Crippen LogP contribution < -0.4 is 0 Å². The van der Waals surface area contributed by atoms with E-state index in [4.69, 9.17) is 9.93 Å². The van der Waals surface area contributed by atoms with Gasteiger partial charge in [0.25, 0.3) is 5.89 Å². The molecular formula is C10H7FN4O. The van der Waals surface area contributed by atoms with Gasteiger partial charge in [-0.15, -0.1) is 0 Å². The van der Waals surface area contributed by atoms with Crippen molar-refractivity contribution >= 4 is 5.71 Å². The first kappa shape index (κ1) is 10.2. The summed E-state index contributed by atoms with van der Waals surface area (Å²) < 4.78 is 17.4. The highest BCUT2D eigenvalue weighted by atomic mass is 19.1. The summed E-state index contributed by atoms with van der Waals surface area (Å²) in [6, 6.07) is 2.68. The molecule has 1 N–H and O–H groups in total. The van der Waals surface area contributed by atoms with Crippen LogP contribution in [-0.4, -0.2) is 20.8 Å². The van der Waals surface area contributed by atoms with Gasteiger partial charge in [0.1, 0.15) is 17.2 Å². The molecule has 2 aromatic heterocycles. The van der Waals surface area contributed by atoms with Crippen molar-refractivity contribution in [2.24, 2.45) is 0 Å². The zero-order chi connectivity index (χ0) is 11.5. The van der Waals surface area contributed by atoms with E-state index in [0.29, 0.717) is 5.69 Å². The van der Waals surface area contributed by atoms with Gasteiger partial charge in [0.15, 0.2) is 0 Å². The number of hydrogen-bond acceptors (Lipinski definition) is 5. The summed E-state index contributed by atoms with van der Waals surface area (Å²) in [5.41, 5.74) is 0.411. The van der Waals surface area contributed by atoms with E-state index in [0.717, 1.165) is 6.20 Å². The molecule has 80 valence electrons. The topological polar surface area (TPSA) is 75.7 Å². The second kappa shape index (κ2) is 4.01. The molecule has 0 aliphatic carbocycles. The number of hydrogen-bond donors (Lipinski definition) is 1. The number of halogens is 1. The number of nitrogens with one attached hydrogen (secondary N) is 1. The van der Waals surface area contributed by atoms with Gasteiger partial charge in [-0.2, -0.15) is 4.98 Å². The second-order valence-corrected chi connectivity index (χ2v) is 2.90. The van der Waals surface area contributed by atoms with E-state index >= 15 is 0 Å². The number of nitrogens with zero attached hydrogens (tertiary/aromatic N) is 3. The molecule has 2 aromatic rings. The average molecular weight is 218 g/mol. The van der Waals surface area contributed by atoms with Gasteiger partial charge >= 0.3 is 0 Å². The van der Waals surface area contributed by atoms with Gasteiger partial charge in [-0.3, -0.25) is 5.41 Å². The monoisotopic (exact) mass is 218 g/mol. The fourth-order valence-corrected chi connectivity index (χ4v) is 1.03. The van der Waals surface area contributed by atoms with Gasteiger partial charge < -0.3 is 4.52 Å². The Morgan fingerprint density at radius 2 is 2.31 bits per heavy atom. The molecule has 0 unspecified atom stereocenters. The predicted molar refractivity (Wildman–Crippen MR) is 54.5 cm³/mol. The smallest absolute Gasteiger partial charge is 0.276 e. The Bertz CT molecular complexity index is 532. The summed E-state index contributed by atoms with van der Waals surface area (Å²) in [6.45, 7) is 3.41. The van der Waals surface area contributed by atoms with Crippen LogP contribution in [0.2, 0.25) is 0 Å². The molecule has 2 heterocycles. The Balaban J connectivity index is 2.35. The lowest BCUT2D eigenvalue weighted by Gasteiger charge is -1.91. The highest BCUT2D eigenvalue weighted by molar-refractivity contribution is 6.02. The number of aromatic nitrogens is 3. The van der Waals surface area contributed by atoms with E-state index in [1.54, 1.807) is 0 Å². The first-order valence-corrected chi connectivity index (χ1v) is 4.37. The number of pyridine rings is 1. The van der Waals surface area contributed by atoms with E-state index in [9.17, 15) is 4.39 Å². The van der Waals surface area contributed by atoms with Crippen LogP contribution in [0.25, 0.3) is 11.5 Å². The maximum atomic E-state index is 12.6. The largest absolute Gasteiger partial charge is 0.332 e. The summed E-state index contributed by atoms with van der Waals surface area (Å²) in [6.07, 6.45) is 2.35. The van der Waals surface area contributed by atoms with Crippen molar-refractivity contribution in [1.29, 1.82) is 5.41 Å². The fourth-order valence-electron chi connectivity index (χ4n) is 1.03. The summed E-state index contributed by atoms with van der Waals surface area (Å²) in [4.78, 5) is 7.71. The van der Waals surface area contributed by atoms with Gasteiger partial charge in [0.2, 0.25) is 5.82 Å². The third-order valence-electron chi connectivity index (χ3n) is 1.82. The Hall–Kier alpha value is -2.37. The highest BCUT2D eigenvalue weighted by Crippen LogP contribution is 2.13. The van der Waals surface area contributed by atoms with E-state index < -0.39 is 5.82 Å². The average Bonchev–Trinajstić information content (AvgIpc) is 2.78. The van der Waals surface area contributed by atoms with Crippen LogP contribution in [0.4, 0.5) is 4.39 Å². The van der Waals surface area contributed by atoms with Gasteiger partial charge in [0, 0.05) is 0 Å². The molecule has 0 spiro atoms. The standard InChI is InChI=1S/C10H7FN4O/c1-2-7(12)10-14-9(15-16-10)8-4-3-6(11)5-13-8/h2-5,12H,1H2. The van der Waals surface area contributed by atoms with Gasteiger partial charge in [-0.05, 0) is 18.2 Å². The minimum absolute atomic E-state index is 0.0286. The van der Waals surface area contributed by atoms with Crippen molar-refractivity contribution in [2.45, 2.75) is 0 Å². The van der Waals surface area contributed by atoms with Gasteiger partial charge in [-0.25, -0.2) is 9.37 Å². The molecule has 0 radical (unpaired) electrons. The summed E-state index contributed by atoms with van der Waals surface area (Å²) in [5.74, 6) is -0.177. The van der Waals surface area contributed by atoms with Crippen LogP contribution in [0.15, 0.2) is 35.5 Å². The minimum atomic E-state index is -0.439. The van der Waals surface area contributed by atoms with Crippen molar-refractivity contribution in [2.75, 3.05) is 0 Å². The lowest BCUT2D eigenvalue weighted by molar-refractivity contribution is 0.412. The Morgan fingerprint density at radius 1 is 1.50 bits per heavy atom. The number of allylic oxidation sites excluding steroid dienone is 1. The van der Waals surface area contributed by atoms with Crippen LogP contribution in [0.5, 0.6) is 0 Å². The van der Waals surface area contributed by atoms with Gasteiger partial charge in [0.05, 0.1) is 6.20 Å². The molecule has 0 bridgehead atoms. The van der Waals surface area contributed by atoms with Crippen molar-refractivity contribution in [3.63, 3.8) is 0 Å². The summed E-state index contributed by atoms with van der Waals surface area (Å²) in [5, 5.41) is 11.0. The molecule has 2 rings (SSSR count). The predicted octanol–water partition coefficient (Wildman–Crippen LogP) is 1.82. The van der Waals surface area contributed by atoms with Crippen molar-refractivity contribution < 1.29 is 8.91 Å². The minimum Gasteiger partial charge on any atom is -0.332 e. The molecule has 0 fully saturated rings. The van der Waals surface area contributed by atoms with Crippen LogP contribution in [0, 0.1) is 11.2 Å². The van der Waals surface area contributed by atoms with E-state index in [1.807, 2.05) is 0 Å². The van der Waals surface area contributed by atoms with E-state index in [2.05, 4.69) is 21.7 Å². The summed E-state index contributed by atoms with van der Waals surface area (Å²) >= 11 is 0. The van der Waals surface area contributed by atoms with Crippen LogP contribution in [-0.2, 0) is 0 Å². The van der Waals surface area contributed by atoms with Crippen LogP contribution in [0.1, 0.15) is 5.89 Å². The van der Waals surface area contributed by atoms with Crippen molar-refractivity contribution in [3.8, 4) is 11.5 Å². The molecule has 0 saturated carbocycles. The fraction of sp³-hybridized carbons (Fsp3) is 0. The quantitative estimate of drug-likeness (QED) is 0.797. The molecular weight excluding hydrogens is 211 g/mol. The summed E-state index contributed by atoms with van der Waals surface area (Å²) in [7, 11) is 0. The van der Waals surface area contributed by atoms with Gasteiger partial charge in [-0.1, -0.05) is 11.7 Å². The molecule has 0 atom stereocenters. The Kier molecular flexibility index (Phi) is 2.55. The molecule has 16 heavy (non-hydrogen) atoms. The van der Waals surface area contributed by atoms with Crippen LogP contribution in [0.3, 0.4) is 0 Å². The maximum Gasteiger partial charge on any atom is 0.276 e. The lowest BCUT2D eigenvalue weighted by Crippen LogP contribution is -1.93.